The van der Waals surface area contributed by atoms with Crippen LogP contribution in [0.5, 0.6) is 0 Å². The summed E-state index contributed by atoms with van der Waals surface area (Å²) in [6, 6.07) is 3.13. The van der Waals surface area contributed by atoms with Crippen molar-refractivity contribution in [2.75, 3.05) is 46.2 Å². The van der Waals surface area contributed by atoms with Gasteiger partial charge < -0.3 is 9.80 Å². The zero-order valence-electron chi connectivity index (χ0n) is 14.6. The molecule has 0 saturated heterocycles. The topological polar surface area (TPSA) is 99.9 Å². The number of nitrogens with zero attached hydrogens (tertiary/aromatic N) is 5. The van der Waals surface area contributed by atoms with Gasteiger partial charge >= 0.3 is 0 Å². The van der Waals surface area contributed by atoms with Gasteiger partial charge in [-0.25, -0.2) is 17.4 Å². The van der Waals surface area contributed by atoms with Gasteiger partial charge in [-0.1, -0.05) is 6.58 Å². The molecule has 9 nitrogen and oxygen atoms in total. The summed E-state index contributed by atoms with van der Waals surface area (Å²) in [5, 5.41) is 7.59. The molecule has 2 rings (SSSR count). The van der Waals surface area contributed by atoms with E-state index in [0.29, 0.717) is 24.3 Å². The molecule has 25 heavy (non-hydrogen) atoms. The lowest BCUT2D eigenvalue weighted by atomic mass is 10.2. The summed E-state index contributed by atoms with van der Waals surface area (Å²) in [5.74, 6) is -0.172. The number of sulfonamides is 1. The smallest absolute Gasteiger partial charge is 0.245 e. The monoisotopic (exact) mass is 367 g/mol. The number of carbonyl (C=O) groups excluding carboxylic acids is 1. The zero-order valence-corrected chi connectivity index (χ0v) is 15.4. The van der Waals surface area contributed by atoms with Crippen LogP contribution >= 0.6 is 0 Å². The van der Waals surface area contributed by atoms with Crippen LogP contribution in [0, 0.1) is 0 Å². The molecule has 2 aromatic rings. The summed E-state index contributed by atoms with van der Waals surface area (Å²) in [7, 11) is 2.72. The van der Waals surface area contributed by atoms with E-state index in [-0.39, 0.29) is 16.3 Å². The molecule has 0 unspecified atom stereocenters. The van der Waals surface area contributed by atoms with Crippen molar-refractivity contribution in [1.82, 2.24) is 19.5 Å². The maximum Gasteiger partial charge on any atom is 0.245 e. The number of likely N-dealkylation sites (N-methyl/N-ethyl adjacent to an activating group) is 2. The Kier molecular flexibility index (Phi) is 5.43. The fraction of sp³-hybridized carbons (Fsp3) is 0.400. The van der Waals surface area contributed by atoms with Crippen LogP contribution in [0.25, 0.3) is 11.0 Å². The number of rotatable bonds is 7. The summed E-state index contributed by atoms with van der Waals surface area (Å²) in [6.45, 7) is 4.43. The molecule has 1 heterocycles. The summed E-state index contributed by atoms with van der Waals surface area (Å²) >= 11 is 0. The third-order valence-electron chi connectivity index (χ3n) is 3.85. The van der Waals surface area contributed by atoms with Crippen LogP contribution in [-0.4, -0.2) is 75.1 Å². The van der Waals surface area contributed by atoms with Crippen LogP contribution in [0.3, 0.4) is 0 Å². The van der Waals surface area contributed by atoms with E-state index in [0.717, 1.165) is 4.31 Å². The molecule has 0 aliphatic heterocycles. The first-order valence-corrected chi connectivity index (χ1v) is 8.90. The van der Waals surface area contributed by atoms with Gasteiger partial charge in [0.05, 0.1) is 5.69 Å². The molecule has 0 radical (unpaired) electrons. The molecule has 0 N–H and O–H groups in total. The molecule has 0 spiro atoms. The Labute approximate surface area is 146 Å². The lowest BCUT2D eigenvalue weighted by Gasteiger charge is -2.23. The second-order valence-electron chi connectivity index (χ2n) is 5.72. The zero-order chi connectivity index (χ0) is 18.8. The summed E-state index contributed by atoms with van der Waals surface area (Å²) in [4.78, 5) is 15.0. The lowest BCUT2D eigenvalue weighted by molar-refractivity contribution is -0.124. The fourth-order valence-corrected chi connectivity index (χ4v) is 3.24. The molecule has 0 saturated carbocycles. The average molecular weight is 367 g/mol. The summed E-state index contributed by atoms with van der Waals surface area (Å²) in [6.07, 6.45) is 1.25. The van der Waals surface area contributed by atoms with Crippen molar-refractivity contribution in [2.45, 2.75) is 4.90 Å². The van der Waals surface area contributed by atoms with E-state index in [2.05, 4.69) is 16.9 Å². The number of benzene rings is 1. The molecule has 0 aliphatic carbocycles. The Bertz CT molecular complexity index is 890. The van der Waals surface area contributed by atoms with E-state index in [4.69, 9.17) is 4.63 Å². The Morgan fingerprint density at radius 1 is 1.16 bits per heavy atom. The van der Waals surface area contributed by atoms with E-state index < -0.39 is 10.0 Å². The normalized spacial score (nSPS) is 11.7. The predicted octanol–water partition coefficient (Wildman–Crippen LogP) is 0.554. The van der Waals surface area contributed by atoms with Gasteiger partial charge in [-0.3, -0.25) is 4.79 Å². The van der Waals surface area contributed by atoms with Gasteiger partial charge in [0.2, 0.25) is 15.9 Å². The summed E-state index contributed by atoms with van der Waals surface area (Å²) in [5.41, 5.74) is 1.19. The molecule has 1 amide bonds. The maximum absolute atomic E-state index is 12.4. The Morgan fingerprint density at radius 2 is 1.80 bits per heavy atom. The number of amides is 1. The molecule has 136 valence electrons. The largest absolute Gasteiger partial charge is 0.371 e. The van der Waals surface area contributed by atoms with E-state index in [1.165, 1.54) is 31.1 Å². The molecule has 0 aliphatic rings. The Balaban J connectivity index is 2.34. The number of hydrogen-bond donors (Lipinski definition) is 0. The van der Waals surface area contributed by atoms with Gasteiger partial charge in [0, 0.05) is 41.3 Å². The molecule has 10 heteroatoms. The van der Waals surface area contributed by atoms with Crippen LogP contribution in [-0.2, 0) is 14.8 Å². The second kappa shape index (κ2) is 7.19. The number of fused-ring (bicyclic) bond motifs is 1. The van der Waals surface area contributed by atoms with Crippen molar-refractivity contribution in [1.29, 1.82) is 0 Å². The van der Waals surface area contributed by atoms with E-state index >= 15 is 0 Å². The van der Waals surface area contributed by atoms with Gasteiger partial charge in [-0.2, -0.15) is 0 Å². The molecular weight excluding hydrogens is 346 g/mol. The molecule has 1 aromatic heterocycles. The maximum atomic E-state index is 12.4. The number of aromatic nitrogens is 2. The first-order chi connectivity index (χ1) is 11.7. The van der Waals surface area contributed by atoms with Crippen LogP contribution in [0.15, 0.2) is 34.3 Å². The third-order valence-corrected chi connectivity index (χ3v) is 5.70. The number of hydrogen-bond acceptors (Lipinski definition) is 7. The first kappa shape index (κ1) is 18.9. The highest BCUT2D eigenvalue weighted by Gasteiger charge is 2.25. The minimum atomic E-state index is -3.67. The van der Waals surface area contributed by atoms with Crippen LogP contribution < -0.4 is 4.90 Å². The highest BCUT2D eigenvalue weighted by atomic mass is 32.2. The van der Waals surface area contributed by atoms with Gasteiger partial charge in [-0.05, 0) is 28.5 Å². The Hall–Kier alpha value is -2.46. The molecule has 0 atom stereocenters. The molecule has 0 bridgehead atoms. The fourth-order valence-electron chi connectivity index (χ4n) is 2.23. The average Bonchev–Trinajstić information content (AvgIpc) is 3.06. The lowest BCUT2D eigenvalue weighted by Crippen LogP contribution is -2.34. The van der Waals surface area contributed by atoms with Gasteiger partial charge in [0.1, 0.15) is 4.90 Å². The minimum absolute atomic E-state index is 0.0323. The van der Waals surface area contributed by atoms with Crippen molar-refractivity contribution < 1.29 is 17.8 Å². The number of anilines is 1. The van der Waals surface area contributed by atoms with Gasteiger partial charge in [-0.15, -0.1) is 0 Å². The van der Waals surface area contributed by atoms with Crippen LogP contribution in [0.1, 0.15) is 0 Å². The molecular formula is C15H21N5O4S. The minimum Gasteiger partial charge on any atom is -0.371 e. The molecule has 1 aromatic carbocycles. The van der Waals surface area contributed by atoms with Crippen LogP contribution in [0.4, 0.5) is 5.69 Å². The van der Waals surface area contributed by atoms with Crippen molar-refractivity contribution >= 4 is 32.7 Å². The van der Waals surface area contributed by atoms with Crippen molar-refractivity contribution in [3.05, 3.63) is 24.8 Å². The van der Waals surface area contributed by atoms with E-state index in [1.807, 2.05) is 11.9 Å². The summed E-state index contributed by atoms with van der Waals surface area (Å²) < 4.78 is 30.7. The number of carbonyl (C=O) groups is 1. The van der Waals surface area contributed by atoms with E-state index in [9.17, 15) is 13.2 Å². The van der Waals surface area contributed by atoms with E-state index in [1.54, 1.807) is 13.1 Å². The van der Waals surface area contributed by atoms with Crippen molar-refractivity contribution in [3.8, 4) is 0 Å². The predicted molar refractivity (Wildman–Crippen MR) is 93.8 cm³/mol. The second-order valence-corrected chi connectivity index (χ2v) is 7.84. The Morgan fingerprint density at radius 3 is 2.40 bits per heavy atom. The third kappa shape index (κ3) is 3.64. The van der Waals surface area contributed by atoms with Crippen LogP contribution in [0.2, 0.25) is 0 Å². The van der Waals surface area contributed by atoms with Gasteiger partial charge in [0.25, 0.3) is 0 Å². The molecule has 0 fully saturated rings. The highest BCUT2D eigenvalue weighted by Crippen LogP contribution is 2.29. The quantitative estimate of drug-likeness (QED) is 0.659. The van der Waals surface area contributed by atoms with Gasteiger partial charge in [0.15, 0.2) is 11.0 Å². The standard InChI is InChI=1S/C15H21N5O4S/c1-6-13(21)20(5)10-9-19(4)11-7-8-12(25(22,23)18(2)3)15-14(11)16-24-17-15/h6-8H,1,9-10H2,2-5H3. The SMILES string of the molecule is C=CC(=O)N(C)CCN(C)c1ccc(S(=O)(=O)N(C)C)c2nonc12. The van der Waals surface area contributed by atoms with Crippen molar-refractivity contribution in [3.63, 3.8) is 0 Å². The first-order valence-electron chi connectivity index (χ1n) is 7.46. The van der Waals surface area contributed by atoms with Crippen molar-refractivity contribution in [2.24, 2.45) is 0 Å². The highest BCUT2D eigenvalue weighted by molar-refractivity contribution is 7.89.